The first-order chi connectivity index (χ1) is 4.24. The van der Waals surface area contributed by atoms with Gasteiger partial charge >= 0.3 is 0 Å². The second kappa shape index (κ2) is 2.91. The lowest BCUT2D eigenvalue weighted by Crippen LogP contribution is -2.16. The fraction of sp³-hybridized carbons (Fsp3) is 1.00. The van der Waals surface area contributed by atoms with E-state index in [0.29, 0.717) is 6.42 Å². The minimum Gasteiger partial charge on any atom is -0.394 e. The van der Waals surface area contributed by atoms with Crippen LogP contribution in [-0.2, 0) is 4.74 Å². The molecule has 1 N–H and O–H groups in total. The zero-order valence-corrected chi connectivity index (χ0v) is 5.71. The molecule has 0 spiro atoms. The van der Waals surface area contributed by atoms with Gasteiger partial charge in [0.05, 0.1) is 18.1 Å². The molecule has 1 aliphatic heterocycles. The molecule has 9 heavy (non-hydrogen) atoms. The van der Waals surface area contributed by atoms with Gasteiger partial charge in [0.1, 0.15) is 7.85 Å². The predicted molar refractivity (Wildman–Crippen MR) is 35.8 cm³/mol. The lowest BCUT2D eigenvalue weighted by atomic mass is 9.97. The van der Waals surface area contributed by atoms with E-state index in [1.807, 2.05) is 0 Å². The third-order valence-electron chi connectivity index (χ3n) is 1.40. The van der Waals surface area contributed by atoms with Crippen LogP contribution >= 0.6 is 11.6 Å². The number of hydrogen-bond acceptors (Lipinski definition) is 2. The molecule has 0 aliphatic carbocycles. The Kier molecular flexibility index (Phi) is 2.38. The molecule has 2 radical (unpaired) electrons. The van der Waals surface area contributed by atoms with Crippen molar-refractivity contribution in [2.45, 2.75) is 23.9 Å². The Balaban J connectivity index is 2.35. The highest BCUT2D eigenvalue weighted by atomic mass is 35.5. The summed E-state index contributed by atoms with van der Waals surface area (Å²) < 4.78 is 5.02. The second-order valence-corrected chi connectivity index (χ2v) is 2.72. The van der Waals surface area contributed by atoms with Crippen LogP contribution in [0, 0.1) is 0 Å². The summed E-state index contributed by atoms with van der Waals surface area (Å²) in [5.41, 5.74) is 0. The van der Waals surface area contributed by atoms with Crippen molar-refractivity contribution < 1.29 is 9.84 Å². The Morgan fingerprint density at radius 3 is 2.67 bits per heavy atom. The number of hydrogen-bond donors (Lipinski definition) is 1. The first kappa shape index (κ1) is 7.38. The fourth-order valence-electron chi connectivity index (χ4n) is 0.866. The van der Waals surface area contributed by atoms with Gasteiger partial charge in [-0.05, 0) is 6.42 Å². The zero-order valence-electron chi connectivity index (χ0n) is 4.96. The van der Waals surface area contributed by atoms with Gasteiger partial charge in [0.25, 0.3) is 0 Å². The number of halogens is 1. The third kappa shape index (κ3) is 1.60. The number of alkyl halides is 1. The van der Waals surface area contributed by atoms with Gasteiger partial charge in [-0.25, -0.2) is 0 Å². The summed E-state index contributed by atoms with van der Waals surface area (Å²) in [4.78, 5) is 0. The summed E-state index contributed by atoms with van der Waals surface area (Å²) in [5, 5.41) is 8.43. The van der Waals surface area contributed by atoms with Crippen LogP contribution in [-0.4, -0.2) is 37.0 Å². The van der Waals surface area contributed by atoms with Gasteiger partial charge in [0.2, 0.25) is 0 Å². The maximum atomic E-state index is 8.56. The van der Waals surface area contributed by atoms with Crippen molar-refractivity contribution in [1.29, 1.82) is 0 Å². The van der Waals surface area contributed by atoms with Crippen LogP contribution in [0.25, 0.3) is 0 Å². The van der Waals surface area contributed by atoms with Crippen molar-refractivity contribution in [3.05, 3.63) is 0 Å². The van der Waals surface area contributed by atoms with Crippen molar-refractivity contribution in [3.8, 4) is 0 Å². The molecule has 0 bridgehead atoms. The quantitative estimate of drug-likeness (QED) is 0.412. The Labute approximate surface area is 60.6 Å². The first-order valence-corrected chi connectivity index (χ1v) is 3.33. The summed E-state index contributed by atoms with van der Waals surface area (Å²) in [6.45, 7) is 0.0108. The minimum atomic E-state index is -0.399. The summed E-state index contributed by atoms with van der Waals surface area (Å²) in [5.74, 6) is 0. The molecule has 0 aromatic carbocycles. The molecule has 1 saturated heterocycles. The number of aliphatic hydroxyl groups excluding tert-OH is 1. The third-order valence-corrected chi connectivity index (χ3v) is 1.82. The highest BCUT2D eigenvalue weighted by molar-refractivity contribution is 6.26. The average molecular weight is 146 g/mol. The molecule has 0 saturated carbocycles. The maximum absolute atomic E-state index is 8.56. The van der Waals surface area contributed by atoms with Gasteiger partial charge in [-0.1, -0.05) is 0 Å². The van der Waals surface area contributed by atoms with Crippen LogP contribution in [0.3, 0.4) is 0 Å². The molecule has 2 nitrogen and oxygen atoms in total. The molecular formula is C5H8BClO2. The van der Waals surface area contributed by atoms with E-state index in [1.54, 1.807) is 0 Å². The van der Waals surface area contributed by atoms with Crippen LogP contribution in [0.1, 0.15) is 6.42 Å². The summed E-state index contributed by atoms with van der Waals surface area (Å²) in [7, 11) is 5.38. The van der Waals surface area contributed by atoms with Gasteiger partial charge in [-0.15, -0.1) is 11.6 Å². The van der Waals surface area contributed by atoms with Crippen LogP contribution in [0.2, 0.25) is 0 Å². The van der Waals surface area contributed by atoms with Crippen molar-refractivity contribution in [1.82, 2.24) is 0 Å². The normalized spacial score (nSPS) is 43.6. The van der Waals surface area contributed by atoms with E-state index in [-0.39, 0.29) is 18.1 Å². The van der Waals surface area contributed by atoms with Crippen molar-refractivity contribution in [2.75, 3.05) is 6.61 Å². The smallest absolute Gasteiger partial charge is 0.111 e. The Morgan fingerprint density at radius 1 is 1.78 bits per heavy atom. The predicted octanol–water partition coefficient (Wildman–Crippen LogP) is -0.130. The van der Waals surface area contributed by atoms with Gasteiger partial charge < -0.3 is 9.84 Å². The molecule has 50 valence electrons. The molecule has 1 heterocycles. The molecule has 1 fully saturated rings. The van der Waals surface area contributed by atoms with Crippen molar-refractivity contribution >= 4 is 19.4 Å². The van der Waals surface area contributed by atoms with Crippen molar-refractivity contribution in [3.63, 3.8) is 0 Å². The van der Waals surface area contributed by atoms with E-state index < -0.39 is 6.00 Å². The lowest BCUT2D eigenvalue weighted by Gasteiger charge is -2.06. The SMILES string of the molecule is [B][C@@H]1O[C@H](CO)C[C@@H]1Cl. The van der Waals surface area contributed by atoms with E-state index in [2.05, 4.69) is 0 Å². The molecular weight excluding hydrogens is 138 g/mol. The number of aliphatic hydroxyl groups is 1. The van der Waals surface area contributed by atoms with E-state index in [4.69, 9.17) is 29.3 Å². The molecule has 0 unspecified atom stereocenters. The highest BCUT2D eigenvalue weighted by Gasteiger charge is 2.29. The summed E-state index contributed by atoms with van der Waals surface area (Å²) >= 11 is 5.68. The monoisotopic (exact) mass is 146 g/mol. The largest absolute Gasteiger partial charge is 0.394 e. The Bertz CT molecular complexity index is 91.0. The topological polar surface area (TPSA) is 29.5 Å². The van der Waals surface area contributed by atoms with E-state index in [0.717, 1.165) is 0 Å². The van der Waals surface area contributed by atoms with E-state index >= 15 is 0 Å². The van der Waals surface area contributed by atoms with Crippen molar-refractivity contribution in [2.24, 2.45) is 0 Å². The molecule has 1 rings (SSSR count). The van der Waals surface area contributed by atoms with E-state index in [9.17, 15) is 0 Å². The van der Waals surface area contributed by atoms with Gasteiger partial charge in [-0.2, -0.15) is 0 Å². The lowest BCUT2D eigenvalue weighted by molar-refractivity contribution is 0.0434. The molecule has 4 heteroatoms. The molecule has 1 aliphatic rings. The molecule has 0 aromatic heterocycles. The van der Waals surface area contributed by atoms with Crippen LogP contribution in [0.4, 0.5) is 0 Å². The average Bonchev–Trinajstić information content (AvgIpc) is 2.13. The van der Waals surface area contributed by atoms with Gasteiger partial charge in [0.15, 0.2) is 0 Å². The molecule has 0 amide bonds. The molecule has 3 atom stereocenters. The Morgan fingerprint density at radius 2 is 2.44 bits per heavy atom. The highest BCUT2D eigenvalue weighted by Crippen LogP contribution is 2.22. The second-order valence-electron chi connectivity index (χ2n) is 2.16. The minimum absolute atomic E-state index is 0.0108. The van der Waals surface area contributed by atoms with Crippen LogP contribution < -0.4 is 0 Å². The van der Waals surface area contributed by atoms with E-state index in [1.165, 1.54) is 0 Å². The number of rotatable bonds is 1. The van der Waals surface area contributed by atoms with Crippen LogP contribution in [0.15, 0.2) is 0 Å². The van der Waals surface area contributed by atoms with Gasteiger partial charge in [-0.3, -0.25) is 0 Å². The molecule has 0 aromatic rings. The maximum Gasteiger partial charge on any atom is 0.111 e. The summed E-state index contributed by atoms with van der Waals surface area (Å²) in [6.07, 6.45) is 0.502. The number of ether oxygens (including phenoxy) is 1. The van der Waals surface area contributed by atoms with Crippen LogP contribution in [0.5, 0.6) is 0 Å². The summed E-state index contributed by atoms with van der Waals surface area (Å²) in [6, 6.07) is -0.399. The van der Waals surface area contributed by atoms with Gasteiger partial charge in [0, 0.05) is 6.00 Å². The first-order valence-electron chi connectivity index (χ1n) is 2.90. The standard InChI is InChI=1S/C5H8BClO2/c6-5-4(7)1-3(2-8)9-5/h3-5,8H,1-2H2/t3-,4-,5+/m0/s1. The zero-order chi connectivity index (χ0) is 6.85. The fourth-order valence-corrected chi connectivity index (χ4v) is 1.12. The Hall–Kier alpha value is 0.275.